The van der Waals surface area contributed by atoms with Gasteiger partial charge < -0.3 is 24.3 Å². The average Bonchev–Trinajstić information content (AvgIpc) is 3.08. The first-order chi connectivity index (χ1) is 23.2. The highest BCUT2D eigenvalue weighted by atomic mass is 31.2. The molecule has 6 rings (SSSR count). The van der Waals surface area contributed by atoms with Gasteiger partial charge in [0.05, 0.1) is 12.8 Å². The maximum atomic E-state index is 11.3. The highest BCUT2D eigenvalue weighted by Gasteiger charge is 2.42. The van der Waals surface area contributed by atoms with Gasteiger partial charge >= 0.3 is 7.60 Å². The van der Waals surface area contributed by atoms with Crippen molar-refractivity contribution in [2.75, 3.05) is 22.6 Å². The Bertz CT molecular complexity index is 1910. The van der Waals surface area contributed by atoms with E-state index >= 15 is 0 Å². The monoisotopic (exact) mass is 656 g/mol. The quantitative estimate of drug-likeness (QED) is 0.0603. The molecule has 0 saturated heterocycles. The first kappa shape index (κ1) is 33.0. The van der Waals surface area contributed by atoms with E-state index in [4.69, 9.17) is 4.74 Å². The van der Waals surface area contributed by atoms with E-state index in [-0.39, 0.29) is 25.1 Å². The molecule has 48 heavy (non-hydrogen) atoms. The van der Waals surface area contributed by atoms with Crippen LogP contribution in [0.5, 0.6) is 5.75 Å². The predicted molar refractivity (Wildman–Crippen MR) is 197 cm³/mol. The lowest BCUT2D eigenvalue weighted by atomic mass is 9.87. The summed E-state index contributed by atoms with van der Waals surface area (Å²) >= 11 is 0. The van der Waals surface area contributed by atoms with Crippen LogP contribution in [0.1, 0.15) is 29.0 Å². The van der Waals surface area contributed by atoms with Gasteiger partial charge in [-0.25, -0.2) is 0 Å². The van der Waals surface area contributed by atoms with Gasteiger partial charge in [0.1, 0.15) is 5.75 Å². The van der Waals surface area contributed by atoms with Crippen molar-refractivity contribution < 1.29 is 19.1 Å². The lowest BCUT2D eigenvalue weighted by Gasteiger charge is -2.51. The molecule has 5 aromatic rings. The lowest BCUT2D eigenvalue weighted by molar-refractivity contribution is 0.309. The maximum absolute atomic E-state index is 11.3. The number of nitrogens with zero attached hydrogens (tertiary/aromatic N) is 2. The van der Waals surface area contributed by atoms with E-state index in [2.05, 4.69) is 145 Å². The van der Waals surface area contributed by atoms with Gasteiger partial charge in [0.2, 0.25) is 0 Å². The number of allylic oxidation sites excluding steroid dienone is 2. The SMILES string of the molecule is Cc1cccc(N(c2ccccc2)C2(N(c3ccc(OCCCP(=O)(O)O)cc3)c3cccc(C)c3)C=CC(c3ccccc3)C=C2)c1. The molecular formula is C41H41N2O4P. The molecule has 0 saturated carbocycles. The van der Waals surface area contributed by atoms with Crippen molar-refractivity contribution in [3.05, 3.63) is 174 Å². The van der Waals surface area contributed by atoms with Crippen LogP contribution >= 0.6 is 7.60 Å². The summed E-state index contributed by atoms with van der Waals surface area (Å²) < 4.78 is 17.2. The lowest BCUT2D eigenvalue weighted by Crippen LogP contribution is -2.56. The molecule has 2 N–H and O–H groups in total. The van der Waals surface area contributed by atoms with Crippen LogP contribution in [0.15, 0.2) is 158 Å². The topological polar surface area (TPSA) is 73.2 Å². The molecule has 0 spiro atoms. The van der Waals surface area contributed by atoms with Crippen LogP contribution in [0.2, 0.25) is 0 Å². The van der Waals surface area contributed by atoms with Crippen molar-refractivity contribution >= 4 is 30.3 Å². The van der Waals surface area contributed by atoms with Gasteiger partial charge in [-0.05, 0) is 110 Å². The summed E-state index contributed by atoms with van der Waals surface area (Å²) in [5, 5.41) is 0. The Morgan fingerprint density at radius 1 is 0.646 bits per heavy atom. The van der Waals surface area contributed by atoms with Gasteiger partial charge in [0.15, 0.2) is 5.66 Å². The zero-order chi connectivity index (χ0) is 33.6. The molecule has 0 amide bonds. The Morgan fingerprint density at radius 3 is 1.67 bits per heavy atom. The van der Waals surface area contributed by atoms with Crippen LogP contribution in [0, 0.1) is 13.8 Å². The van der Waals surface area contributed by atoms with Crippen LogP contribution < -0.4 is 14.5 Å². The van der Waals surface area contributed by atoms with Crippen LogP contribution in [0.3, 0.4) is 0 Å². The molecule has 0 atom stereocenters. The number of para-hydroxylation sites is 1. The van der Waals surface area contributed by atoms with Crippen molar-refractivity contribution in [1.29, 1.82) is 0 Å². The fourth-order valence-electron chi connectivity index (χ4n) is 6.29. The molecule has 0 bridgehead atoms. The Kier molecular flexibility index (Phi) is 9.98. The average molecular weight is 657 g/mol. The molecule has 1 aliphatic rings. The summed E-state index contributed by atoms with van der Waals surface area (Å²) in [7, 11) is -4.06. The Morgan fingerprint density at radius 2 is 1.15 bits per heavy atom. The number of anilines is 4. The van der Waals surface area contributed by atoms with Crippen molar-refractivity contribution in [3.63, 3.8) is 0 Å². The molecule has 244 valence electrons. The van der Waals surface area contributed by atoms with Crippen molar-refractivity contribution in [2.24, 2.45) is 0 Å². The number of benzene rings is 5. The Labute approximate surface area is 283 Å². The normalized spacial score (nSPS) is 17.2. The number of ether oxygens (including phenoxy) is 1. The highest BCUT2D eigenvalue weighted by molar-refractivity contribution is 7.51. The van der Waals surface area contributed by atoms with Crippen LogP contribution in [0.4, 0.5) is 22.7 Å². The molecule has 0 radical (unpaired) electrons. The summed E-state index contributed by atoms with van der Waals surface area (Å²) in [5.41, 5.74) is 6.77. The van der Waals surface area contributed by atoms with Gasteiger partial charge in [-0.3, -0.25) is 4.57 Å². The standard InChI is InChI=1S/C41H41N2O4P/c1-32-12-9-18-38(30-32)42(36-16-7-4-8-17-36)41(26-24-35(25-27-41)34-14-5-3-6-15-34)43(39-19-10-13-33(2)31-39)37-20-22-40(23-21-37)47-28-11-29-48(44,45)46/h3-10,12-27,30-31,35H,11,28-29H2,1-2H3,(H2,44,45,46). The third-order valence-corrected chi connectivity index (χ3v) is 9.39. The van der Waals surface area contributed by atoms with E-state index in [1.165, 1.54) is 5.56 Å². The van der Waals surface area contributed by atoms with Crippen molar-refractivity contribution in [3.8, 4) is 5.75 Å². The maximum Gasteiger partial charge on any atom is 0.325 e. The summed E-state index contributed by atoms with van der Waals surface area (Å²) in [4.78, 5) is 23.2. The van der Waals surface area contributed by atoms with Gasteiger partial charge in [0, 0.05) is 28.7 Å². The molecule has 0 aliphatic heterocycles. The van der Waals surface area contributed by atoms with Crippen molar-refractivity contribution in [1.82, 2.24) is 0 Å². The number of aryl methyl sites for hydroxylation is 2. The van der Waals surface area contributed by atoms with E-state index < -0.39 is 13.3 Å². The number of hydrogen-bond acceptors (Lipinski definition) is 4. The molecule has 0 fully saturated rings. The van der Waals surface area contributed by atoms with Crippen LogP contribution in [-0.4, -0.2) is 28.2 Å². The Hall–Kier alpha value is -4.87. The third kappa shape index (κ3) is 7.64. The van der Waals surface area contributed by atoms with E-state index in [0.29, 0.717) is 5.75 Å². The zero-order valence-corrected chi connectivity index (χ0v) is 28.2. The first-order valence-electron chi connectivity index (χ1n) is 16.2. The molecular weight excluding hydrogens is 615 g/mol. The highest BCUT2D eigenvalue weighted by Crippen LogP contribution is 2.46. The molecule has 1 aliphatic carbocycles. The largest absolute Gasteiger partial charge is 0.494 e. The smallest absolute Gasteiger partial charge is 0.325 e. The molecule has 6 nitrogen and oxygen atoms in total. The first-order valence-corrected chi connectivity index (χ1v) is 18.0. The molecule has 0 aromatic heterocycles. The van der Waals surface area contributed by atoms with Crippen LogP contribution in [-0.2, 0) is 4.57 Å². The summed E-state index contributed by atoms with van der Waals surface area (Å²) in [6.45, 7) is 4.45. The summed E-state index contributed by atoms with van der Waals surface area (Å²) in [6, 6.07) is 46.1. The molecule has 7 heteroatoms. The molecule has 5 aromatic carbocycles. The van der Waals surface area contributed by atoms with Gasteiger partial charge in [-0.15, -0.1) is 0 Å². The second-order valence-electron chi connectivity index (χ2n) is 12.2. The number of hydrogen-bond donors (Lipinski definition) is 2. The third-order valence-electron chi connectivity index (χ3n) is 8.49. The van der Waals surface area contributed by atoms with E-state index in [0.717, 1.165) is 33.9 Å². The molecule has 0 heterocycles. The summed E-state index contributed by atoms with van der Waals surface area (Å²) in [6.07, 6.45) is 9.28. The fourth-order valence-corrected chi connectivity index (χ4v) is 6.84. The zero-order valence-electron chi connectivity index (χ0n) is 27.3. The van der Waals surface area contributed by atoms with E-state index in [9.17, 15) is 14.4 Å². The van der Waals surface area contributed by atoms with E-state index in [1.54, 1.807) is 0 Å². The van der Waals surface area contributed by atoms with Crippen LogP contribution in [0.25, 0.3) is 0 Å². The minimum Gasteiger partial charge on any atom is -0.494 e. The Balaban J connectivity index is 1.51. The minimum atomic E-state index is -4.06. The second kappa shape index (κ2) is 14.5. The van der Waals surface area contributed by atoms with Crippen molar-refractivity contribution in [2.45, 2.75) is 31.8 Å². The van der Waals surface area contributed by atoms with Gasteiger partial charge in [0.25, 0.3) is 0 Å². The van der Waals surface area contributed by atoms with Gasteiger partial charge in [-0.1, -0.05) is 84.9 Å². The molecule has 0 unspecified atom stereocenters. The number of rotatable bonds is 12. The second-order valence-corrected chi connectivity index (χ2v) is 14.0. The minimum absolute atomic E-state index is 0.109. The van der Waals surface area contributed by atoms with E-state index in [1.807, 2.05) is 36.4 Å². The predicted octanol–water partition coefficient (Wildman–Crippen LogP) is 9.83. The fraction of sp³-hybridized carbons (Fsp3) is 0.171. The summed E-state index contributed by atoms with van der Waals surface area (Å²) in [5.74, 6) is 0.748. The van der Waals surface area contributed by atoms with Gasteiger partial charge in [-0.2, -0.15) is 0 Å².